The van der Waals surface area contributed by atoms with E-state index < -0.39 is 0 Å². The Bertz CT molecular complexity index is 3000. The van der Waals surface area contributed by atoms with Crippen LogP contribution in [0.5, 0.6) is 0 Å². The normalized spacial score (nSPS) is 12.1. The number of nitriles is 1. The first-order chi connectivity index (χ1) is 23.7. The summed E-state index contributed by atoms with van der Waals surface area (Å²) in [6.45, 7) is 7.40. The van der Waals surface area contributed by atoms with Crippen molar-refractivity contribution in [3.05, 3.63) is 150 Å². The van der Waals surface area contributed by atoms with Crippen LogP contribution in [-0.4, -0.2) is 8.80 Å². The summed E-state index contributed by atoms with van der Waals surface area (Å²) in [4.78, 5) is 3.60. The van der Waals surface area contributed by atoms with Crippen LogP contribution in [-0.2, 0) is 0 Å². The van der Waals surface area contributed by atoms with E-state index in [0.717, 1.165) is 22.3 Å². The van der Waals surface area contributed by atoms with E-state index in [9.17, 15) is 5.26 Å². The minimum atomic E-state index is 0.648. The molecule has 0 amide bonds. The lowest BCUT2D eigenvalue weighted by molar-refractivity contribution is 1.37. The third-order valence-corrected chi connectivity index (χ3v) is 10.4. The van der Waals surface area contributed by atoms with Crippen LogP contribution >= 0.6 is 0 Å². The maximum atomic E-state index is 9.38. The first kappa shape index (κ1) is 25.3. The molecule has 0 saturated carbocycles. The van der Waals surface area contributed by atoms with Gasteiger partial charge in [0, 0.05) is 43.1 Å². The molecule has 218 valence electrons. The molecule has 4 aromatic heterocycles. The van der Waals surface area contributed by atoms with Crippen LogP contribution in [0.25, 0.3) is 103 Å². The Labute approximate surface area is 274 Å². The van der Waals surface area contributed by atoms with Gasteiger partial charge in [0.2, 0.25) is 0 Å². The van der Waals surface area contributed by atoms with Gasteiger partial charge in [0.05, 0.1) is 51.3 Å². The van der Waals surface area contributed by atoms with Crippen LogP contribution in [0.15, 0.2) is 133 Å². The molecule has 4 nitrogen and oxygen atoms in total. The van der Waals surface area contributed by atoms with Gasteiger partial charge in [0.1, 0.15) is 0 Å². The Morgan fingerprint density at radius 2 is 0.875 bits per heavy atom. The number of benzene rings is 7. The lowest BCUT2D eigenvalue weighted by Gasteiger charge is -2.06. The van der Waals surface area contributed by atoms with E-state index >= 15 is 0 Å². The molecule has 7 aromatic carbocycles. The number of hydrogen-bond acceptors (Lipinski definition) is 1. The molecule has 0 aliphatic rings. The van der Waals surface area contributed by atoms with E-state index in [1.54, 1.807) is 0 Å². The Morgan fingerprint density at radius 1 is 0.458 bits per heavy atom. The van der Waals surface area contributed by atoms with Gasteiger partial charge >= 0.3 is 0 Å². The summed E-state index contributed by atoms with van der Waals surface area (Å²) in [5.74, 6) is 0. The van der Waals surface area contributed by atoms with E-state index in [2.05, 4.69) is 117 Å². The fourth-order valence-corrected chi connectivity index (χ4v) is 8.41. The molecule has 48 heavy (non-hydrogen) atoms. The molecule has 0 aliphatic heterocycles. The monoisotopic (exact) mass is 606 g/mol. The molecule has 0 saturated heterocycles. The quantitative estimate of drug-likeness (QED) is 0.180. The Balaban J connectivity index is 1.37. The predicted molar refractivity (Wildman–Crippen MR) is 198 cm³/mol. The summed E-state index contributed by atoms with van der Waals surface area (Å²) < 4.78 is 4.95. The van der Waals surface area contributed by atoms with Gasteiger partial charge in [-0.25, -0.2) is 4.85 Å². The molecule has 0 fully saturated rings. The summed E-state index contributed by atoms with van der Waals surface area (Å²) in [5, 5.41) is 19.5. The fraction of sp³-hybridized carbons (Fsp3) is 0. The summed E-state index contributed by atoms with van der Waals surface area (Å²) in [6.07, 6.45) is 0. The fourth-order valence-electron chi connectivity index (χ4n) is 8.41. The van der Waals surface area contributed by atoms with Crippen molar-refractivity contribution in [3.63, 3.8) is 0 Å². The maximum Gasteiger partial charge on any atom is 0.187 e. The zero-order valence-corrected chi connectivity index (χ0v) is 25.5. The highest BCUT2D eigenvalue weighted by atomic mass is 14.9. The van der Waals surface area contributed by atoms with Gasteiger partial charge < -0.3 is 8.80 Å². The highest BCUT2D eigenvalue weighted by Gasteiger charge is 2.28. The van der Waals surface area contributed by atoms with Crippen molar-refractivity contribution >= 4 is 81.9 Å². The first-order valence-electron chi connectivity index (χ1n) is 16.0. The standard InChI is InChI=1S/C44H22N4/c1-46-30-18-14-27(15-19-30)29-17-21-38-34(23-29)42-40-32-7-3-4-8-35(32)47-37-20-16-28(26-12-10-25(24-45)11-13-26)22-33(37)41(43(40)47)39-31-6-2-5-9-36(31)48(38)44(39)42/h2-23H. The molecular formula is C44H22N4. The van der Waals surface area contributed by atoms with Crippen molar-refractivity contribution in [3.8, 4) is 28.3 Å². The average Bonchev–Trinajstić information content (AvgIpc) is 3.87. The molecule has 0 radical (unpaired) electrons. The highest BCUT2D eigenvalue weighted by Crippen LogP contribution is 2.52. The second-order valence-corrected chi connectivity index (χ2v) is 12.7. The van der Waals surface area contributed by atoms with Crippen LogP contribution in [0.2, 0.25) is 0 Å². The second kappa shape index (κ2) is 8.89. The van der Waals surface area contributed by atoms with Crippen molar-refractivity contribution in [1.29, 1.82) is 5.26 Å². The van der Waals surface area contributed by atoms with Crippen molar-refractivity contribution < 1.29 is 0 Å². The molecule has 0 aliphatic carbocycles. The number of aromatic nitrogens is 2. The Kier molecular flexibility index (Phi) is 4.69. The second-order valence-electron chi connectivity index (χ2n) is 12.7. The zero-order valence-electron chi connectivity index (χ0n) is 25.5. The third-order valence-electron chi connectivity index (χ3n) is 10.4. The number of para-hydroxylation sites is 2. The Hall–Kier alpha value is -6.88. The van der Waals surface area contributed by atoms with Gasteiger partial charge in [-0.15, -0.1) is 0 Å². The first-order valence-corrected chi connectivity index (χ1v) is 16.0. The summed E-state index contributed by atoms with van der Waals surface area (Å²) in [6, 6.07) is 49.3. The smallest absolute Gasteiger partial charge is 0.187 e. The molecular weight excluding hydrogens is 585 g/mol. The minimum Gasteiger partial charge on any atom is -0.308 e. The average molecular weight is 607 g/mol. The Morgan fingerprint density at radius 3 is 1.35 bits per heavy atom. The predicted octanol–water partition coefficient (Wildman–Crippen LogP) is 11.7. The van der Waals surface area contributed by atoms with Gasteiger partial charge in [0.15, 0.2) is 5.69 Å². The topological polar surface area (TPSA) is 37.0 Å². The van der Waals surface area contributed by atoms with E-state index in [4.69, 9.17) is 6.57 Å². The lowest BCUT2D eigenvalue weighted by atomic mass is 9.95. The van der Waals surface area contributed by atoms with E-state index in [-0.39, 0.29) is 0 Å². The van der Waals surface area contributed by atoms with Gasteiger partial charge in [0.25, 0.3) is 0 Å². The minimum absolute atomic E-state index is 0.648. The van der Waals surface area contributed by atoms with Crippen molar-refractivity contribution in [2.45, 2.75) is 0 Å². The molecule has 0 atom stereocenters. The molecule has 4 heteroatoms. The molecule has 0 spiro atoms. The van der Waals surface area contributed by atoms with Crippen molar-refractivity contribution in [2.24, 2.45) is 0 Å². The van der Waals surface area contributed by atoms with Gasteiger partial charge in [-0.3, -0.25) is 0 Å². The van der Waals surface area contributed by atoms with E-state index in [0.29, 0.717) is 11.3 Å². The third kappa shape index (κ3) is 3.02. The molecule has 0 bridgehead atoms. The van der Waals surface area contributed by atoms with Crippen molar-refractivity contribution in [1.82, 2.24) is 8.80 Å². The molecule has 11 rings (SSSR count). The highest BCUT2D eigenvalue weighted by molar-refractivity contribution is 6.45. The van der Waals surface area contributed by atoms with Gasteiger partial charge in [-0.1, -0.05) is 84.9 Å². The number of hydrogen-bond donors (Lipinski definition) is 0. The summed E-state index contributed by atoms with van der Waals surface area (Å²) in [5.41, 5.74) is 13.1. The van der Waals surface area contributed by atoms with Crippen LogP contribution in [0, 0.1) is 17.9 Å². The van der Waals surface area contributed by atoms with Gasteiger partial charge in [-0.05, 0) is 70.8 Å². The summed E-state index contributed by atoms with van der Waals surface area (Å²) in [7, 11) is 0. The molecule has 0 unspecified atom stereocenters. The van der Waals surface area contributed by atoms with Crippen LogP contribution in [0.4, 0.5) is 5.69 Å². The lowest BCUT2D eigenvalue weighted by Crippen LogP contribution is -1.82. The largest absolute Gasteiger partial charge is 0.308 e. The van der Waals surface area contributed by atoms with Crippen LogP contribution < -0.4 is 0 Å². The maximum absolute atomic E-state index is 9.38. The molecule has 11 aromatic rings. The summed E-state index contributed by atoms with van der Waals surface area (Å²) >= 11 is 0. The van der Waals surface area contributed by atoms with E-state index in [1.807, 2.05) is 36.4 Å². The molecule has 0 N–H and O–H groups in total. The van der Waals surface area contributed by atoms with E-state index in [1.165, 1.54) is 76.2 Å². The van der Waals surface area contributed by atoms with Gasteiger partial charge in [-0.2, -0.15) is 5.26 Å². The zero-order chi connectivity index (χ0) is 31.7. The van der Waals surface area contributed by atoms with Crippen molar-refractivity contribution in [2.75, 3.05) is 0 Å². The molecule has 4 heterocycles. The number of rotatable bonds is 2. The number of fused-ring (bicyclic) bond motifs is 14. The SMILES string of the molecule is [C-]#[N+]c1ccc(-c2ccc3c(c2)c2c4c5ccccc5n5c6ccc(-c7ccc(C#N)cc7)cc6c(c6c7ccccc7n3c62)c45)cc1. The number of nitrogens with zero attached hydrogens (tertiary/aromatic N) is 4. The van der Waals surface area contributed by atoms with Crippen LogP contribution in [0.1, 0.15) is 5.56 Å². The van der Waals surface area contributed by atoms with Crippen LogP contribution in [0.3, 0.4) is 0 Å².